The van der Waals surface area contributed by atoms with Crippen LogP contribution in [0.5, 0.6) is 0 Å². The normalized spacial score (nSPS) is 10.0. The summed E-state index contributed by atoms with van der Waals surface area (Å²) >= 11 is 0. The molecule has 0 spiro atoms. The molecular formula is C2H6LiO3S. The van der Waals surface area contributed by atoms with Crippen molar-refractivity contribution < 1.29 is 13.0 Å². The van der Waals surface area contributed by atoms with Crippen molar-refractivity contribution >= 4 is 29.0 Å². The Balaban J connectivity index is 0. The van der Waals surface area contributed by atoms with E-state index in [-0.39, 0.29) is 18.9 Å². The van der Waals surface area contributed by atoms with Crippen LogP contribution in [0.4, 0.5) is 0 Å². The van der Waals surface area contributed by atoms with E-state index in [1.807, 2.05) is 0 Å². The molecule has 0 saturated heterocycles. The summed E-state index contributed by atoms with van der Waals surface area (Å²) in [6, 6.07) is 0. The van der Waals surface area contributed by atoms with Gasteiger partial charge in [0.15, 0.2) is 0 Å². The van der Waals surface area contributed by atoms with E-state index in [4.69, 9.17) is 4.55 Å². The molecule has 0 saturated carbocycles. The molecule has 5 heteroatoms. The van der Waals surface area contributed by atoms with E-state index in [1.54, 1.807) is 0 Å². The molecule has 0 aromatic heterocycles. The molecular weight excluding hydrogens is 111 g/mol. The van der Waals surface area contributed by atoms with E-state index in [0.29, 0.717) is 0 Å². The van der Waals surface area contributed by atoms with Crippen LogP contribution >= 0.6 is 0 Å². The van der Waals surface area contributed by atoms with E-state index in [9.17, 15) is 8.42 Å². The molecule has 0 bridgehead atoms. The summed E-state index contributed by atoms with van der Waals surface area (Å²) in [5.74, 6) is -0.451. The van der Waals surface area contributed by atoms with Gasteiger partial charge in [-0.25, -0.2) is 0 Å². The third-order valence-corrected chi connectivity index (χ3v) is 0.774. The van der Waals surface area contributed by atoms with Gasteiger partial charge in [0, 0.05) is 0 Å². The number of rotatable bonds is 1. The molecule has 1 radical (unpaired) electrons. The third kappa shape index (κ3) is 10.7. The van der Waals surface area contributed by atoms with Crippen molar-refractivity contribution in [2.24, 2.45) is 0 Å². The van der Waals surface area contributed by atoms with Crippen molar-refractivity contribution in [3.05, 3.63) is 6.92 Å². The van der Waals surface area contributed by atoms with Crippen LogP contribution in [0.1, 0.15) is 0 Å². The van der Waals surface area contributed by atoms with Gasteiger partial charge in [-0.2, -0.15) is 8.42 Å². The molecule has 1 N–H and O–H groups in total. The Morgan fingerprint density at radius 3 is 1.71 bits per heavy atom. The van der Waals surface area contributed by atoms with Crippen molar-refractivity contribution in [1.82, 2.24) is 0 Å². The quantitative estimate of drug-likeness (QED) is 0.356. The summed E-state index contributed by atoms with van der Waals surface area (Å²) in [4.78, 5) is 0. The molecule has 0 aromatic rings. The summed E-state index contributed by atoms with van der Waals surface area (Å²) in [6.07, 6.45) is 0. The van der Waals surface area contributed by atoms with Crippen LogP contribution in [-0.4, -0.2) is 37.6 Å². The van der Waals surface area contributed by atoms with Gasteiger partial charge < -0.3 is 0 Å². The van der Waals surface area contributed by atoms with Crippen LogP contribution < -0.4 is 0 Å². The Morgan fingerprint density at radius 1 is 1.57 bits per heavy atom. The molecule has 0 amide bonds. The summed E-state index contributed by atoms with van der Waals surface area (Å²) in [7, 11) is -3.77. The van der Waals surface area contributed by atoms with Crippen molar-refractivity contribution in [2.75, 3.05) is 5.75 Å². The first-order valence-corrected chi connectivity index (χ1v) is 2.91. The van der Waals surface area contributed by atoms with Crippen molar-refractivity contribution in [1.29, 1.82) is 0 Å². The SMILES string of the molecule is [CH2]CS(=O)(=O)O.[LiH]. The molecule has 7 heavy (non-hydrogen) atoms. The third-order valence-electron chi connectivity index (χ3n) is 0.258. The van der Waals surface area contributed by atoms with Crippen LogP contribution in [0.25, 0.3) is 0 Å². The van der Waals surface area contributed by atoms with Gasteiger partial charge in [0.2, 0.25) is 0 Å². The molecule has 0 aliphatic carbocycles. The van der Waals surface area contributed by atoms with E-state index < -0.39 is 15.9 Å². The van der Waals surface area contributed by atoms with Gasteiger partial charge in [0.1, 0.15) is 0 Å². The summed E-state index contributed by atoms with van der Waals surface area (Å²) in [6.45, 7) is 2.92. The van der Waals surface area contributed by atoms with Gasteiger partial charge >= 0.3 is 18.9 Å². The zero-order chi connectivity index (χ0) is 5.21. The second-order valence-corrected chi connectivity index (χ2v) is 2.36. The Hall–Kier alpha value is 0.507. The Bertz CT molecular complexity index is 115. The van der Waals surface area contributed by atoms with E-state index in [2.05, 4.69) is 6.92 Å². The average molecular weight is 117 g/mol. The summed E-state index contributed by atoms with van der Waals surface area (Å²) < 4.78 is 26.7. The van der Waals surface area contributed by atoms with Crippen LogP contribution in [0.3, 0.4) is 0 Å². The fourth-order valence-electron chi connectivity index (χ4n) is 0. The van der Waals surface area contributed by atoms with Gasteiger partial charge in [0.05, 0.1) is 5.75 Å². The first kappa shape index (κ1) is 10.5. The van der Waals surface area contributed by atoms with Gasteiger partial charge in [-0.3, -0.25) is 4.55 Å². The first-order chi connectivity index (χ1) is 2.56. The maximum absolute atomic E-state index is 9.49. The molecule has 3 nitrogen and oxygen atoms in total. The Labute approximate surface area is 55.0 Å². The van der Waals surface area contributed by atoms with Crippen LogP contribution in [0, 0.1) is 6.92 Å². The molecule has 0 rings (SSSR count). The van der Waals surface area contributed by atoms with Crippen molar-refractivity contribution in [3.63, 3.8) is 0 Å². The topological polar surface area (TPSA) is 54.4 Å². The fourth-order valence-corrected chi connectivity index (χ4v) is 0. The van der Waals surface area contributed by atoms with Gasteiger partial charge in [-0.15, -0.1) is 0 Å². The van der Waals surface area contributed by atoms with Crippen LogP contribution in [0.15, 0.2) is 0 Å². The van der Waals surface area contributed by atoms with Gasteiger partial charge in [-0.1, -0.05) is 0 Å². The van der Waals surface area contributed by atoms with Gasteiger partial charge in [0.25, 0.3) is 10.1 Å². The number of hydrogen-bond donors (Lipinski definition) is 1. The predicted octanol–water partition coefficient (Wildman–Crippen LogP) is -0.940. The molecule has 0 heterocycles. The maximum atomic E-state index is 9.49. The van der Waals surface area contributed by atoms with Crippen LogP contribution in [-0.2, 0) is 10.1 Å². The standard InChI is InChI=1S/C2H5O3S.Li.H/c1-2-6(3,4)5;;/h1-2H2,(H,3,4,5);;. The van der Waals surface area contributed by atoms with Crippen molar-refractivity contribution in [3.8, 4) is 0 Å². The van der Waals surface area contributed by atoms with E-state index >= 15 is 0 Å². The van der Waals surface area contributed by atoms with Crippen LogP contribution in [0.2, 0.25) is 0 Å². The second kappa shape index (κ2) is 3.50. The van der Waals surface area contributed by atoms with E-state index in [0.717, 1.165) is 0 Å². The predicted molar refractivity (Wildman–Crippen MR) is 28.9 cm³/mol. The first-order valence-electron chi connectivity index (χ1n) is 1.30. The molecule has 39 valence electrons. The number of hydrogen-bond acceptors (Lipinski definition) is 2. The average Bonchev–Trinajstić information content (AvgIpc) is 1.35. The fraction of sp³-hybridized carbons (Fsp3) is 0.500. The zero-order valence-electron chi connectivity index (χ0n) is 3.09. The molecule has 0 fully saturated rings. The summed E-state index contributed by atoms with van der Waals surface area (Å²) in [5, 5.41) is 0. The molecule has 0 unspecified atom stereocenters. The van der Waals surface area contributed by atoms with E-state index in [1.165, 1.54) is 0 Å². The second-order valence-electron chi connectivity index (χ2n) is 0.786. The zero-order valence-corrected chi connectivity index (χ0v) is 3.90. The van der Waals surface area contributed by atoms with Gasteiger partial charge in [-0.05, 0) is 6.92 Å². The molecule has 0 atom stereocenters. The minimum atomic E-state index is -3.77. The molecule has 0 aliphatic rings. The van der Waals surface area contributed by atoms with Crippen molar-refractivity contribution in [2.45, 2.75) is 0 Å². The summed E-state index contributed by atoms with van der Waals surface area (Å²) in [5.41, 5.74) is 0. The monoisotopic (exact) mass is 117 g/mol. The Morgan fingerprint density at radius 2 is 1.71 bits per heavy atom. The Kier molecular flexibility index (Phi) is 5.24. The minimum absolute atomic E-state index is 0. The molecule has 0 aliphatic heterocycles. The molecule has 0 aromatic carbocycles.